The minimum Gasteiger partial charge on any atom is -0.308 e. The summed E-state index contributed by atoms with van der Waals surface area (Å²) in [6.07, 6.45) is 6.03. The first-order valence-electron chi connectivity index (χ1n) is 2.45. The maximum Gasteiger partial charge on any atom is 1.00 e. The van der Waals surface area contributed by atoms with Crippen LogP contribution in [0.3, 0.4) is 0 Å². The van der Waals surface area contributed by atoms with Gasteiger partial charge in [0.1, 0.15) is 0 Å². The molecule has 0 heterocycles. The summed E-state index contributed by atoms with van der Waals surface area (Å²) in [5, 5.41) is 0. The van der Waals surface area contributed by atoms with Crippen molar-refractivity contribution in [1.29, 1.82) is 0 Å². The van der Waals surface area contributed by atoms with E-state index < -0.39 is 0 Å². The van der Waals surface area contributed by atoms with Gasteiger partial charge in [-0.05, 0) is 0 Å². The van der Waals surface area contributed by atoms with Crippen LogP contribution in [0.25, 0.3) is 0 Å². The monoisotopic (exact) mass is 110 g/mol. The molecule has 0 aromatic heterocycles. The molecule has 0 saturated carbocycles. The fourth-order valence-corrected chi connectivity index (χ4v) is 0.558. The third kappa shape index (κ3) is 11.0. The van der Waals surface area contributed by atoms with E-state index >= 15 is 0 Å². The van der Waals surface area contributed by atoms with Crippen LogP contribution in [0.1, 0.15) is 26.2 Å². The predicted molar refractivity (Wildman–Crippen MR) is 33.5 cm³/mol. The van der Waals surface area contributed by atoms with E-state index in [1.807, 2.05) is 0 Å². The predicted octanol–water partition coefficient (Wildman–Crippen LogP) is -0.783. The molecule has 38 valence electrons. The molecule has 0 nitrogen and oxygen atoms in total. The van der Waals surface area contributed by atoms with E-state index in [0.29, 0.717) is 0 Å². The van der Waals surface area contributed by atoms with E-state index in [-0.39, 0.29) is 18.9 Å². The van der Waals surface area contributed by atoms with Gasteiger partial charge >= 0.3 is 18.9 Å². The zero-order valence-corrected chi connectivity index (χ0v) is 6.43. The maximum atomic E-state index is 2.60. The Morgan fingerprint density at radius 3 is 2.29 bits per heavy atom. The van der Waals surface area contributed by atoms with Crippen LogP contribution >= 0.6 is 9.24 Å². The molecule has 0 aromatic carbocycles. The molecule has 0 N–H and O–H groups in total. The van der Waals surface area contributed by atoms with Crippen molar-refractivity contribution in [2.24, 2.45) is 0 Å². The van der Waals surface area contributed by atoms with Crippen LogP contribution in [0.2, 0.25) is 0 Å². The van der Waals surface area contributed by atoms with Gasteiger partial charge in [0.15, 0.2) is 0 Å². The van der Waals surface area contributed by atoms with Crippen LogP contribution in [0, 0.1) is 6.16 Å². The first-order chi connectivity index (χ1) is 2.91. The number of hydrogen-bond acceptors (Lipinski definition) is 0. The van der Waals surface area contributed by atoms with E-state index in [0.717, 1.165) is 0 Å². The Balaban J connectivity index is 0. The minimum absolute atomic E-state index is 0. The van der Waals surface area contributed by atoms with Crippen molar-refractivity contribution in [3.05, 3.63) is 6.16 Å². The molecule has 0 aliphatic carbocycles. The van der Waals surface area contributed by atoms with Crippen molar-refractivity contribution in [1.82, 2.24) is 0 Å². The average Bonchev–Trinajstić information content (AvgIpc) is 1.61. The second kappa shape index (κ2) is 10.1. The van der Waals surface area contributed by atoms with Crippen LogP contribution in [-0.2, 0) is 0 Å². The Kier molecular flexibility index (Phi) is 15.7. The molecule has 0 aliphatic heterocycles. The van der Waals surface area contributed by atoms with Gasteiger partial charge in [0.2, 0.25) is 0 Å². The van der Waals surface area contributed by atoms with Crippen molar-refractivity contribution in [2.45, 2.75) is 26.2 Å². The van der Waals surface area contributed by atoms with Gasteiger partial charge in [-0.25, -0.2) is 0 Å². The molecular formula is C5H12LiP. The summed E-state index contributed by atoms with van der Waals surface area (Å²) < 4.78 is 0. The third-order valence-electron chi connectivity index (χ3n) is 0.724. The van der Waals surface area contributed by atoms with Crippen molar-refractivity contribution in [2.75, 3.05) is 0 Å². The molecule has 0 aliphatic rings. The molecule has 0 radical (unpaired) electrons. The quantitative estimate of drug-likeness (QED) is 0.193. The summed E-state index contributed by atoms with van der Waals surface area (Å²) in [4.78, 5) is 0. The summed E-state index contributed by atoms with van der Waals surface area (Å²) in [6.45, 7) is 2.20. The van der Waals surface area contributed by atoms with E-state index in [9.17, 15) is 0 Å². The molecule has 1 atom stereocenters. The molecule has 0 amide bonds. The summed E-state index contributed by atoms with van der Waals surface area (Å²) in [5.74, 6) is 0. The number of hydrogen-bond donors (Lipinski definition) is 0. The van der Waals surface area contributed by atoms with Crippen molar-refractivity contribution in [3.8, 4) is 0 Å². The molecule has 0 fully saturated rings. The molecule has 0 rings (SSSR count). The van der Waals surface area contributed by atoms with Crippen LogP contribution in [0.15, 0.2) is 0 Å². The van der Waals surface area contributed by atoms with Crippen LogP contribution in [0.5, 0.6) is 0 Å². The molecule has 0 aromatic rings. The molecule has 0 bridgehead atoms. The van der Waals surface area contributed by atoms with Gasteiger partial charge in [-0.2, -0.15) is 6.42 Å². The fourth-order valence-electron chi connectivity index (χ4n) is 0.322. The van der Waals surface area contributed by atoms with Gasteiger partial charge in [0.25, 0.3) is 0 Å². The van der Waals surface area contributed by atoms with Crippen molar-refractivity contribution < 1.29 is 18.9 Å². The Morgan fingerprint density at radius 1 is 1.57 bits per heavy atom. The largest absolute Gasteiger partial charge is 1.00 e. The van der Waals surface area contributed by atoms with Crippen LogP contribution in [-0.4, -0.2) is 0 Å². The summed E-state index contributed by atoms with van der Waals surface area (Å²) >= 11 is 0. The zero-order chi connectivity index (χ0) is 4.83. The third-order valence-corrected chi connectivity index (χ3v) is 1.06. The van der Waals surface area contributed by atoms with E-state index in [1.54, 1.807) is 0 Å². The van der Waals surface area contributed by atoms with E-state index in [2.05, 4.69) is 22.3 Å². The Morgan fingerprint density at radius 2 is 2.14 bits per heavy atom. The molecule has 2 heteroatoms. The average molecular weight is 110 g/mol. The van der Waals surface area contributed by atoms with E-state index in [1.165, 1.54) is 19.3 Å². The standard InChI is InChI=1S/C5H12P.Li/c1-2-3-4-5-6;/h5H,2-4,6H2,1H3;/q-1;+1. The van der Waals surface area contributed by atoms with Crippen LogP contribution in [0.4, 0.5) is 0 Å². The van der Waals surface area contributed by atoms with Gasteiger partial charge in [0.05, 0.1) is 0 Å². The van der Waals surface area contributed by atoms with Crippen LogP contribution < -0.4 is 18.9 Å². The second-order valence-corrected chi connectivity index (χ2v) is 1.85. The SMILES string of the molecule is CCCC[CH-]P.[Li+]. The molecule has 1 unspecified atom stereocenters. The van der Waals surface area contributed by atoms with Crippen molar-refractivity contribution in [3.63, 3.8) is 0 Å². The maximum absolute atomic E-state index is 2.60. The number of rotatable bonds is 3. The first-order valence-corrected chi connectivity index (χ1v) is 3.12. The van der Waals surface area contributed by atoms with Gasteiger partial charge in [-0.1, -0.05) is 19.8 Å². The van der Waals surface area contributed by atoms with Gasteiger partial charge < -0.3 is 6.16 Å². The molecule has 0 saturated heterocycles. The summed E-state index contributed by atoms with van der Waals surface area (Å²) in [6, 6.07) is 0. The zero-order valence-electron chi connectivity index (χ0n) is 5.28. The first kappa shape index (κ1) is 10.9. The topological polar surface area (TPSA) is 0 Å². The fraction of sp³-hybridized carbons (Fsp3) is 0.800. The molecule has 0 spiro atoms. The van der Waals surface area contributed by atoms with Gasteiger partial charge in [0, 0.05) is 0 Å². The van der Waals surface area contributed by atoms with Gasteiger partial charge in [-0.15, -0.1) is 0 Å². The molecule has 7 heavy (non-hydrogen) atoms. The minimum atomic E-state index is 0. The summed E-state index contributed by atoms with van der Waals surface area (Å²) in [7, 11) is 2.60. The normalized spacial score (nSPS) is 7.71. The van der Waals surface area contributed by atoms with E-state index in [4.69, 9.17) is 0 Å². The second-order valence-electron chi connectivity index (χ2n) is 1.38. The number of unbranched alkanes of at least 4 members (excludes halogenated alkanes) is 2. The van der Waals surface area contributed by atoms with Crippen molar-refractivity contribution >= 4 is 9.24 Å². The molecular weight excluding hydrogens is 98.0 g/mol. The summed E-state index contributed by atoms with van der Waals surface area (Å²) in [5.41, 5.74) is 0. The van der Waals surface area contributed by atoms with Gasteiger partial charge in [-0.3, -0.25) is 9.24 Å². The smallest absolute Gasteiger partial charge is 0.308 e. The Bertz CT molecular complexity index is 20.0. The Hall–Kier alpha value is 1.03. The Labute approximate surface area is 60.8 Å².